The largest absolute Gasteiger partial charge is 0.462 e. The van der Waals surface area contributed by atoms with Gasteiger partial charge in [0.25, 0.3) is 0 Å². The summed E-state index contributed by atoms with van der Waals surface area (Å²) in [4.78, 5) is 38.0. The predicted octanol–water partition coefficient (Wildman–Crippen LogP) is 22.2. The molecular weight excluding hydrogens is 901 g/mol. The summed E-state index contributed by atoms with van der Waals surface area (Å²) >= 11 is 0. The van der Waals surface area contributed by atoms with Gasteiger partial charge in [0.2, 0.25) is 0 Å². The average molecular weight is 1030 g/mol. The molecule has 0 aliphatic rings. The van der Waals surface area contributed by atoms with E-state index in [-0.39, 0.29) is 31.1 Å². The van der Waals surface area contributed by atoms with Crippen molar-refractivity contribution in [2.75, 3.05) is 13.2 Å². The second kappa shape index (κ2) is 62.4. The minimum atomic E-state index is -0.774. The summed E-state index contributed by atoms with van der Waals surface area (Å²) in [6.45, 7) is 6.57. The van der Waals surface area contributed by atoms with Crippen LogP contribution in [-0.4, -0.2) is 37.2 Å². The van der Waals surface area contributed by atoms with Crippen LogP contribution in [0.4, 0.5) is 0 Å². The molecule has 0 rings (SSSR count). The van der Waals surface area contributed by atoms with E-state index in [0.29, 0.717) is 19.3 Å². The molecule has 0 saturated heterocycles. The molecule has 0 aromatic rings. The summed E-state index contributed by atoms with van der Waals surface area (Å²) in [5.41, 5.74) is 0. The lowest BCUT2D eigenvalue weighted by Crippen LogP contribution is -2.30. The SMILES string of the molecule is CCC/C=C\CCCCCCCC(=O)OCC(COC(=O)CCCCCCCCCCCCCCCCCCCCCCCCCCCCCCCCCCCC)OC(=O)CCCCCCC/C=C\CCCC. The fourth-order valence-corrected chi connectivity index (χ4v) is 9.96. The number of esters is 3. The molecule has 430 valence electrons. The molecule has 6 nitrogen and oxygen atoms in total. The van der Waals surface area contributed by atoms with Crippen molar-refractivity contribution in [2.45, 2.75) is 374 Å². The number of unbranched alkanes of at least 4 members (excludes halogenated alkanes) is 46. The molecule has 1 atom stereocenters. The maximum Gasteiger partial charge on any atom is 0.306 e. The summed E-state index contributed by atoms with van der Waals surface area (Å²) in [6.07, 6.45) is 75.3. The Labute approximate surface area is 455 Å². The zero-order valence-electron chi connectivity index (χ0n) is 49.4. The number of carbonyl (C=O) groups excluding carboxylic acids is 3. The summed E-state index contributed by atoms with van der Waals surface area (Å²) in [7, 11) is 0. The van der Waals surface area contributed by atoms with E-state index in [0.717, 1.165) is 83.5 Å². The van der Waals surface area contributed by atoms with E-state index >= 15 is 0 Å². The van der Waals surface area contributed by atoms with Gasteiger partial charge in [0.15, 0.2) is 6.10 Å². The zero-order valence-corrected chi connectivity index (χ0v) is 49.4. The number of hydrogen-bond donors (Lipinski definition) is 0. The molecule has 1 unspecified atom stereocenters. The molecule has 0 saturated carbocycles. The van der Waals surface area contributed by atoms with Crippen molar-refractivity contribution in [2.24, 2.45) is 0 Å². The van der Waals surface area contributed by atoms with Gasteiger partial charge in [-0.1, -0.05) is 315 Å². The van der Waals surface area contributed by atoms with Gasteiger partial charge in [-0.25, -0.2) is 0 Å². The molecule has 0 heterocycles. The molecule has 0 N–H and O–H groups in total. The van der Waals surface area contributed by atoms with Gasteiger partial charge in [-0.2, -0.15) is 0 Å². The maximum atomic E-state index is 12.8. The van der Waals surface area contributed by atoms with Crippen LogP contribution in [0.15, 0.2) is 24.3 Å². The first-order valence-electron chi connectivity index (χ1n) is 32.8. The average Bonchev–Trinajstić information content (AvgIpc) is 3.39. The second-order valence-electron chi connectivity index (χ2n) is 22.4. The topological polar surface area (TPSA) is 78.9 Å². The fourth-order valence-electron chi connectivity index (χ4n) is 9.96. The van der Waals surface area contributed by atoms with E-state index in [4.69, 9.17) is 14.2 Å². The number of allylic oxidation sites excluding steroid dienone is 4. The first-order chi connectivity index (χ1) is 36.0. The highest BCUT2D eigenvalue weighted by Gasteiger charge is 2.19. The Morgan fingerprint density at radius 2 is 0.493 bits per heavy atom. The third-order valence-electron chi connectivity index (χ3n) is 14.9. The Morgan fingerprint density at radius 1 is 0.260 bits per heavy atom. The van der Waals surface area contributed by atoms with Crippen LogP contribution >= 0.6 is 0 Å². The van der Waals surface area contributed by atoms with E-state index in [1.165, 1.54) is 244 Å². The van der Waals surface area contributed by atoms with Crippen LogP contribution in [0.1, 0.15) is 367 Å². The van der Waals surface area contributed by atoms with Crippen molar-refractivity contribution in [3.63, 3.8) is 0 Å². The van der Waals surface area contributed by atoms with Crippen molar-refractivity contribution < 1.29 is 28.6 Å². The predicted molar refractivity (Wildman–Crippen MR) is 316 cm³/mol. The molecule has 0 radical (unpaired) electrons. The molecule has 0 amide bonds. The van der Waals surface area contributed by atoms with Crippen LogP contribution in [0, 0.1) is 0 Å². The van der Waals surface area contributed by atoms with Gasteiger partial charge < -0.3 is 14.2 Å². The van der Waals surface area contributed by atoms with Crippen LogP contribution in [-0.2, 0) is 28.6 Å². The maximum absolute atomic E-state index is 12.8. The van der Waals surface area contributed by atoms with E-state index in [2.05, 4.69) is 45.1 Å². The third-order valence-corrected chi connectivity index (χ3v) is 14.9. The Balaban J connectivity index is 3.91. The summed E-state index contributed by atoms with van der Waals surface area (Å²) in [5, 5.41) is 0. The van der Waals surface area contributed by atoms with Gasteiger partial charge in [0, 0.05) is 19.3 Å². The Morgan fingerprint density at radius 3 is 0.781 bits per heavy atom. The highest BCUT2D eigenvalue weighted by molar-refractivity contribution is 5.71. The van der Waals surface area contributed by atoms with Crippen molar-refractivity contribution >= 4 is 17.9 Å². The third kappa shape index (κ3) is 60.6. The van der Waals surface area contributed by atoms with Gasteiger partial charge in [-0.3, -0.25) is 14.4 Å². The van der Waals surface area contributed by atoms with Gasteiger partial charge in [-0.15, -0.1) is 0 Å². The molecule has 0 aliphatic heterocycles. The van der Waals surface area contributed by atoms with Crippen LogP contribution in [0.3, 0.4) is 0 Å². The van der Waals surface area contributed by atoms with E-state index in [1.54, 1.807) is 0 Å². The van der Waals surface area contributed by atoms with Crippen LogP contribution in [0.2, 0.25) is 0 Å². The highest BCUT2D eigenvalue weighted by atomic mass is 16.6. The molecular formula is C67H126O6. The lowest BCUT2D eigenvalue weighted by molar-refractivity contribution is -0.167. The van der Waals surface area contributed by atoms with Gasteiger partial charge in [0.1, 0.15) is 13.2 Å². The minimum absolute atomic E-state index is 0.0734. The summed E-state index contributed by atoms with van der Waals surface area (Å²) < 4.78 is 16.8. The van der Waals surface area contributed by atoms with Crippen LogP contribution in [0.25, 0.3) is 0 Å². The zero-order chi connectivity index (χ0) is 52.9. The van der Waals surface area contributed by atoms with Gasteiger partial charge in [-0.05, 0) is 57.8 Å². The standard InChI is InChI=1S/C67H126O6/c1-4-7-10-13-16-19-22-23-24-25-26-27-28-29-30-31-32-33-34-35-36-37-38-39-40-41-42-43-44-46-48-51-54-57-60-66(69)72-63-64(62-71-65(68)59-56-53-50-47-21-18-15-12-9-6-3)73-67(70)61-58-55-52-49-45-20-17-14-11-8-5-2/h12,14-15,17,64H,4-11,13,16,18-63H2,1-3H3/b15-12-,17-14-. The van der Waals surface area contributed by atoms with E-state index in [1.807, 2.05) is 0 Å². The van der Waals surface area contributed by atoms with Crippen molar-refractivity contribution in [3.8, 4) is 0 Å². The Bertz CT molecular complexity index is 1180. The monoisotopic (exact) mass is 1030 g/mol. The molecule has 73 heavy (non-hydrogen) atoms. The molecule has 0 spiro atoms. The highest BCUT2D eigenvalue weighted by Crippen LogP contribution is 2.18. The van der Waals surface area contributed by atoms with Gasteiger partial charge in [0.05, 0.1) is 0 Å². The normalized spacial score (nSPS) is 12.1. The molecule has 0 bridgehead atoms. The van der Waals surface area contributed by atoms with Crippen LogP contribution < -0.4 is 0 Å². The molecule has 0 fully saturated rings. The molecule has 0 aliphatic carbocycles. The lowest BCUT2D eigenvalue weighted by atomic mass is 10.0. The van der Waals surface area contributed by atoms with Gasteiger partial charge >= 0.3 is 17.9 Å². The Hall–Kier alpha value is -2.11. The van der Waals surface area contributed by atoms with Crippen LogP contribution in [0.5, 0.6) is 0 Å². The number of ether oxygens (including phenoxy) is 3. The van der Waals surface area contributed by atoms with E-state index < -0.39 is 6.10 Å². The van der Waals surface area contributed by atoms with Crippen molar-refractivity contribution in [3.05, 3.63) is 24.3 Å². The Kier molecular flexibility index (Phi) is 60.6. The molecule has 0 aromatic carbocycles. The second-order valence-corrected chi connectivity index (χ2v) is 22.4. The van der Waals surface area contributed by atoms with Crippen molar-refractivity contribution in [1.82, 2.24) is 0 Å². The molecule has 6 heteroatoms. The first-order valence-corrected chi connectivity index (χ1v) is 32.8. The summed E-state index contributed by atoms with van der Waals surface area (Å²) in [5.74, 6) is -0.877. The summed E-state index contributed by atoms with van der Waals surface area (Å²) in [6, 6.07) is 0. The minimum Gasteiger partial charge on any atom is -0.462 e. The first kappa shape index (κ1) is 70.9. The smallest absolute Gasteiger partial charge is 0.306 e. The lowest BCUT2D eigenvalue weighted by Gasteiger charge is -2.18. The van der Waals surface area contributed by atoms with E-state index in [9.17, 15) is 14.4 Å². The number of hydrogen-bond acceptors (Lipinski definition) is 6. The molecule has 0 aromatic heterocycles. The van der Waals surface area contributed by atoms with Crippen molar-refractivity contribution in [1.29, 1.82) is 0 Å². The quantitative estimate of drug-likeness (QED) is 0.0261. The number of carbonyl (C=O) groups is 3. The fraction of sp³-hybridized carbons (Fsp3) is 0.896. The number of rotatable bonds is 61.